The molecule has 2 unspecified atom stereocenters. The van der Waals surface area contributed by atoms with Crippen molar-refractivity contribution >= 4 is 22.6 Å². The fourth-order valence-electron chi connectivity index (χ4n) is 1.27. The first-order chi connectivity index (χ1) is 9.04. The third-order valence-corrected chi connectivity index (χ3v) is 4.10. The van der Waals surface area contributed by atoms with Gasteiger partial charge in [-0.2, -0.15) is 22.8 Å². The molecule has 110 valence electrons. The highest BCUT2D eigenvalue weighted by atomic mass is 35.5. The summed E-state index contributed by atoms with van der Waals surface area (Å²) in [6.07, 6.45) is 0. The van der Waals surface area contributed by atoms with Gasteiger partial charge in [-0.05, 0) is 24.1 Å². The molecule has 0 bridgehead atoms. The molecule has 0 saturated heterocycles. The molecule has 0 spiro atoms. The number of rotatable bonds is 5. The maximum absolute atomic E-state index is 13.2. The molecule has 2 atom stereocenters. The standard InChI is InChI=1S/C11H9ClF4N2OS/c1-9(7-17,8-5-3-2-4-6-8)18-20(19)11(15,16)10(12,13)14/h2-6,18H,1H3. The van der Waals surface area contributed by atoms with E-state index in [9.17, 15) is 21.8 Å². The number of hydrogen-bond donors (Lipinski definition) is 1. The third-order valence-electron chi connectivity index (χ3n) is 2.43. The molecule has 0 aliphatic heterocycles. The summed E-state index contributed by atoms with van der Waals surface area (Å²) in [5, 5.41) is -0.985. The Balaban J connectivity index is 3.08. The number of alkyl halides is 5. The predicted molar refractivity (Wildman–Crippen MR) is 66.4 cm³/mol. The first-order valence-electron chi connectivity index (χ1n) is 5.15. The summed E-state index contributed by atoms with van der Waals surface area (Å²) in [7, 11) is -3.56. The minimum Gasteiger partial charge on any atom is -0.236 e. The second-order valence-corrected chi connectivity index (χ2v) is 5.72. The van der Waals surface area contributed by atoms with Crippen molar-refractivity contribution in [2.75, 3.05) is 0 Å². The van der Waals surface area contributed by atoms with Crippen LogP contribution >= 0.6 is 11.6 Å². The zero-order valence-corrected chi connectivity index (χ0v) is 11.6. The molecule has 0 fully saturated rings. The molecule has 1 rings (SSSR count). The van der Waals surface area contributed by atoms with Crippen LogP contribution in [0, 0.1) is 11.3 Å². The van der Waals surface area contributed by atoms with Crippen LogP contribution in [0.25, 0.3) is 0 Å². The minimum absolute atomic E-state index is 0.199. The molecule has 9 heteroatoms. The Hall–Kier alpha value is -1.17. The van der Waals surface area contributed by atoms with Crippen molar-refractivity contribution in [2.24, 2.45) is 0 Å². The van der Waals surface area contributed by atoms with E-state index in [-0.39, 0.29) is 5.56 Å². The Kier molecular flexibility index (Phi) is 4.79. The highest BCUT2D eigenvalue weighted by molar-refractivity contribution is 7.84. The molecular formula is C11H9ClF4N2OS. The van der Waals surface area contributed by atoms with Crippen LogP contribution < -0.4 is 4.72 Å². The van der Waals surface area contributed by atoms with Crippen LogP contribution in [-0.4, -0.2) is 14.8 Å². The van der Waals surface area contributed by atoms with E-state index >= 15 is 0 Å². The normalized spacial score (nSPS) is 17.1. The molecule has 0 aromatic heterocycles. The molecule has 1 N–H and O–H groups in total. The van der Waals surface area contributed by atoms with Crippen LogP contribution in [0.1, 0.15) is 12.5 Å². The van der Waals surface area contributed by atoms with Crippen molar-refractivity contribution in [1.29, 1.82) is 5.26 Å². The maximum atomic E-state index is 13.2. The second kappa shape index (κ2) is 5.68. The fourth-order valence-corrected chi connectivity index (χ4v) is 2.36. The Labute approximate surface area is 120 Å². The molecule has 0 amide bonds. The lowest BCUT2D eigenvalue weighted by molar-refractivity contribution is -0.0941. The van der Waals surface area contributed by atoms with Gasteiger partial charge in [-0.25, -0.2) is 8.93 Å². The Morgan fingerprint density at radius 1 is 1.25 bits per heavy atom. The Morgan fingerprint density at radius 2 is 1.75 bits per heavy atom. The molecule has 20 heavy (non-hydrogen) atoms. The zero-order chi connectivity index (χ0) is 15.6. The summed E-state index contributed by atoms with van der Waals surface area (Å²) in [6.45, 7) is 1.14. The van der Waals surface area contributed by atoms with Gasteiger partial charge in [-0.15, -0.1) is 0 Å². The van der Waals surface area contributed by atoms with Crippen LogP contribution in [0.2, 0.25) is 0 Å². The first kappa shape index (κ1) is 16.9. The van der Waals surface area contributed by atoms with E-state index in [2.05, 4.69) is 11.6 Å². The summed E-state index contributed by atoms with van der Waals surface area (Å²) in [6, 6.07) is 9.08. The third kappa shape index (κ3) is 3.29. The Bertz CT molecular complexity index is 544. The van der Waals surface area contributed by atoms with Crippen molar-refractivity contribution in [3.63, 3.8) is 0 Å². The molecule has 0 saturated carbocycles. The monoisotopic (exact) mass is 328 g/mol. The van der Waals surface area contributed by atoms with Crippen molar-refractivity contribution < 1.29 is 21.8 Å². The van der Waals surface area contributed by atoms with Crippen molar-refractivity contribution in [2.45, 2.75) is 23.1 Å². The minimum atomic E-state index is -5.03. The molecule has 1 aromatic rings. The van der Waals surface area contributed by atoms with Crippen molar-refractivity contribution in [3.8, 4) is 6.07 Å². The molecule has 3 nitrogen and oxygen atoms in total. The summed E-state index contributed by atoms with van der Waals surface area (Å²) >= 11 is 4.24. The van der Waals surface area contributed by atoms with E-state index in [1.54, 1.807) is 16.9 Å². The van der Waals surface area contributed by atoms with Gasteiger partial charge in [0.05, 0.1) is 6.07 Å². The zero-order valence-electron chi connectivity index (χ0n) is 10.0. The van der Waals surface area contributed by atoms with E-state index < -0.39 is 27.2 Å². The van der Waals surface area contributed by atoms with Gasteiger partial charge in [-0.1, -0.05) is 30.3 Å². The number of halogens is 5. The predicted octanol–water partition coefficient (Wildman–Crippen LogP) is 3.10. The largest absolute Gasteiger partial charge is 0.410 e. The number of nitrogens with zero attached hydrogens (tertiary/aromatic N) is 1. The van der Waals surface area contributed by atoms with Crippen molar-refractivity contribution in [3.05, 3.63) is 35.9 Å². The van der Waals surface area contributed by atoms with E-state index in [0.29, 0.717) is 0 Å². The van der Waals surface area contributed by atoms with E-state index in [1.807, 2.05) is 0 Å². The van der Waals surface area contributed by atoms with Gasteiger partial charge in [0.25, 0.3) is 0 Å². The van der Waals surface area contributed by atoms with Gasteiger partial charge in [0.2, 0.25) is 0 Å². The van der Waals surface area contributed by atoms with Gasteiger partial charge in [0.1, 0.15) is 5.54 Å². The topological polar surface area (TPSA) is 52.9 Å². The van der Waals surface area contributed by atoms with Crippen LogP contribution in [0.4, 0.5) is 17.6 Å². The van der Waals surface area contributed by atoms with Gasteiger partial charge < -0.3 is 0 Å². The van der Waals surface area contributed by atoms with Gasteiger partial charge >= 0.3 is 10.6 Å². The molecule has 0 heterocycles. The van der Waals surface area contributed by atoms with Gasteiger partial charge in [0, 0.05) is 0 Å². The van der Waals surface area contributed by atoms with Crippen LogP contribution in [0.15, 0.2) is 30.3 Å². The number of nitrogens with one attached hydrogen (secondary N) is 1. The van der Waals surface area contributed by atoms with Gasteiger partial charge in [0.15, 0.2) is 11.0 Å². The first-order valence-corrected chi connectivity index (χ1v) is 6.68. The maximum Gasteiger partial charge on any atom is 0.410 e. The van der Waals surface area contributed by atoms with E-state index in [1.165, 1.54) is 24.3 Å². The molecule has 1 aromatic carbocycles. The Morgan fingerprint density at radius 3 is 2.15 bits per heavy atom. The van der Waals surface area contributed by atoms with Crippen LogP contribution in [-0.2, 0) is 16.5 Å². The van der Waals surface area contributed by atoms with E-state index in [0.717, 1.165) is 6.92 Å². The quantitative estimate of drug-likeness (QED) is 0.667. The smallest absolute Gasteiger partial charge is 0.236 e. The summed E-state index contributed by atoms with van der Waals surface area (Å²) in [5.74, 6) is 0. The van der Waals surface area contributed by atoms with Gasteiger partial charge in [-0.3, -0.25) is 0 Å². The molecule has 0 aliphatic carbocycles. The summed E-state index contributed by atoms with van der Waals surface area (Å²) in [4.78, 5) is 0. The number of benzene rings is 1. The lowest BCUT2D eigenvalue weighted by Gasteiger charge is -2.27. The molecular weight excluding hydrogens is 320 g/mol. The SMILES string of the molecule is CC(C#N)(NS(=O)C(F)(F)C(F)(F)Cl)c1ccccc1. The molecule has 0 aliphatic rings. The fraction of sp³-hybridized carbons (Fsp3) is 0.364. The van der Waals surface area contributed by atoms with Crippen LogP contribution in [0.5, 0.6) is 0 Å². The average Bonchev–Trinajstić information content (AvgIpc) is 2.38. The highest BCUT2D eigenvalue weighted by Crippen LogP contribution is 2.40. The lowest BCUT2D eigenvalue weighted by Crippen LogP contribution is -2.50. The average molecular weight is 329 g/mol. The lowest BCUT2D eigenvalue weighted by atomic mass is 9.95. The second-order valence-electron chi connectivity index (χ2n) is 3.99. The van der Waals surface area contributed by atoms with Crippen molar-refractivity contribution in [1.82, 2.24) is 4.72 Å². The molecule has 0 radical (unpaired) electrons. The highest BCUT2D eigenvalue weighted by Gasteiger charge is 2.61. The number of hydrogen-bond acceptors (Lipinski definition) is 2. The van der Waals surface area contributed by atoms with Crippen LogP contribution in [0.3, 0.4) is 0 Å². The van der Waals surface area contributed by atoms with E-state index in [4.69, 9.17) is 5.26 Å². The summed E-state index contributed by atoms with van der Waals surface area (Å²) in [5.41, 5.74) is -1.64. The number of nitriles is 1. The summed E-state index contributed by atoms with van der Waals surface area (Å²) < 4.78 is 64.5.